The SMILES string of the molecule is CC(C)C1=CCC(O)=CC=C1. The van der Waals surface area contributed by atoms with Crippen molar-refractivity contribution in [3.05, 3.63) is 35.6 Å². The molecule has 60 valence electrons. The van der Waals surface area contributed by atoms with E-state index in [1.165, 1.54) is 5.57 Å². The summed E-state index contributed by atoms with van der Waals surface area (Å²) in [6.07, 6.45) is 8.43. The fraction of sp³-hybridized carbons (Fsp3) is 0.400. The maximum absolute atomic E-state index is 9.15. The van der Waals surface area contributed by atoms with Crippen molar-refractivity contribution in [2.45, 2.75) is 20.3 Å². The highest BCUT2D eigenvalue weighted by Gasteiger charge is 2.01. The highest BCUT2D eigenvalue weighted by Crippen LogP contribution is 2.16. The Labute approximate surface area is 67.7 Å². The van der Waals surface area contributed by atoms with E-state index in [0.29, 0.717) is 18.1 Å². The van der Waals surface area contributed by atoms with Crippen LogP contribution < -0.4 is 0 Å². The normalized spacial score (nSPS) is 17.7. The van der Waals surface area contributed by atoms with Crippen LogP contribution in [0.1, 0.15) is 20.3 Å². The molecule has 0 bridgehead atoms. The smallest absolute Gasteiger partial charge is 0.0960 e. The summed E-state index contributed by atoms with van der Waals surface area (Å²) >= 11 is 0. The van der Waals surface area contributed by atoms with Crippen LogP contribution in [0.2, 0.25) is 0 Å². The van der Waals surface area contributed by atoms with Gasteiger partial charge in [-0.3, -0.25) is 0 Å². The van der Waals surface area contributed by atoms with E-state index >= 15 is 0 Å². The Hall–Kier alpha value is -0.980. The molecule has 0 aromatic carbocycles. The summed E-state index contributed by atoms with van der Waals surface area (Å²) in [5.74, 6) is 0.988. The molecule has 1 heteroatoms. The maximum atomic E-state index is 9.15. The molecular weight excluding hydrogens is 136 g/mol. The minimum absolute atomic E-state index is 0.442. The van der Waals surface area contributed by atoms with Gasteiger partial charge in [0.25, 0.3) is 0 Å². The van der Waals surface area contributed by atoms with Crippen molar-refractivity contribution in [2.24, 2.45) is 5.92 Å². The Morgan fingerprint density at radius 2 is 2.18 bits per heavy atom. The summed E-state index contributed by atoms with van der Waals surface area (Å²) in [5.41, 5.74) is 1.30. The topological polar surface area (TPSA) is 20.2 Å². The van der Waals surface area contributed by atoms with Crippen molar-refractivity contribution in [3.8, 4) is 0 Å². The molecule has 0 aliphatic heterocycles. The quantitative estimate of drug-likeness (QED) is 0.609. The second-order valence-corrected chi connectivity index (χ2v) is 3.08. The lowest BCUT2D eigenvalue weighted by Gasteiger charge is -2.03. The van der Waals surface area contributed by atoms with Crippen molar-refractivity contribution < 1.29 is 5.11 Å². The van der Waals surface area contributed by atoms with E-state index in [1.54, 1.807) is 6.08 Å². The minimum atomic E-state index is 0.442. The van der Waals surface area contributed by atoms with Crippen LogP contribution in [0.15, 0.2) is 35.6 Å². The van der Waals surface area contributed by atoms with Crippen LogP contribution in [0.25, 0.3) is 0 Å². The van der Waals surface area contributed by atoms with Gasteiger partial charge in [-0.25, -0.2) is 0 Å². The van der Waals surface area contributed by atoms with Gasteiger partial charge in [0.1, 0.15) is 0 Å². The van der Waals surface area contributed by atoms with Crippen molar-refractivity contribution in [2.75, 3.05) is 0 Å². The molecule has 1 aliphatic rings. The van der Waals surface area contributed by atoms with E-state index in [1.807, 2.05) is 12.2 Å². The van der Waals surface area contributed by atoms with Crippen LogP contribution in [0.4, 0.5) is 0 Å². The molecular formula is C10H14O. The zero-order valence-electron chi connectivity index (χ0n) is 7.04. The molecule has 0 heterocycles. The molecule has 1 rings (SSSR count). The molecule has 0 unspecified atom stereocenters. The molecule has 0 fully saturated rings. The first-order valence-electron chi connectivity index (χ1n) is 3.96. The van der Waals surface area contributed by atoms with Crippen LogP contribution in [0.5, 0.6) is 0 Å². The van der Waals surface area contributed by atoms with Crippen molar-refractivity contribution >= 4 is 0 Å². The molecule has 1 N–H and O–H groups in total. The van der Waals surface area contributed by atoms with E-state index in [-0.39, 0.29) is 0 Å². The molecule has 0 spiro atoms. The van der Waals surface area contributed by atoms with Crippen LogP contribution in [0.3, 0.4) is 0 Å². The first kappa shape index (κ1) is 8.12. The van der Waals surface area contributed by atoms with Crippen molar-refractivity contribution in [1.29, 1.82) is 0 Å². The predicted octanol–water partition coefficient (Wildman–Crippen LogP) is 2.97. The Bertz CT molecular complexity index is 219. The van der Waals surface area contributed by atoms with E-state index in [2.05, 4.69) is 19.9 Å². The molecule has 0 aromatic rings. The van der Waals surface area contributed by atoms with Crippen LogP contribution in [-0.2, 0) is 0 Å². The van der Waals surface area contributed by atoms with Gasteiger partial charge in [-0.15, -0.1) is 0 Å². The largest absolute Gasteiger partial charge is 0.512 e. The van der Waals surface area contributed by atoms with Crippen molar-refractivity contribution in [3.63, 3.8) is 0 Å². The van der Waals surface area contributed by atoms with Gasteiger partial charge in [0.05, 0.1) is 5.76 Å². The maximum Gasteiger partial charge on any atom is 0.0960 e. The van der Waals surface area contributed by atoms with Gasteiger partial charge >= 0.3 is 0 Å². The second-order valence-electron chi connectivity index (χ2n) is 3.08. The molecule has 0 aromatic heterocycles. The lowest BCUT2D eigenvalue weighted by molar-refractivity contribution is 0.401. The zero-order chi connectivity index (χ0) is 8.27. The number of rotatable bonds is 1. The summed E-state index contributed by atoms with van der Waals surface area (Å²) in [7, 11) is 0. The van der Waals surface area contributed by atoms with Gasteiger partial charge in [0.2, 0.25) is 0 Å². The number of aliphatic hydroxyl groups is 1. The van der Waals surface area contributed by atoms with Gasteiger partial charge in [-0.2, -0.15) is 0 Å². The van der Waals surface area contributed by atoms with Gasteiger partial charge in [-0.05, 0) is 17.6 Å². The lowest BCUT2D eigenvalue weighted by Crippen LogP contribution is -1.89. The van der Waals surface area contributed by atoms with Gasteiger partial charge in [-0.1, -0.05) is 32.1 Å². The summed E-state index contributed by atoms with van der Waals surface area (Å²) in [4.78, 5) is 0. The molecule has 0 saturated carbocycles. The van der Waals surface area contributed by atoms with Crippen LogP contribution in [0, 0.1) is 5.92 Å². The zero-order valence-corrected chi connectivity index (χ0v) is 7.04. The molecule has 0 radical (unpaired) electrons. The highest BCUT2D eigenvalue weighted by atomic mass is 16.3. The summed E-state index contributed by atoms with van der Waals surface area (Å²) in [6.45, 7) is 4.30. The Balaban J connectivity index is 2.74. The lowest BCUT2D eigenvalue weighted by atomic mass is 10.0. The molecule has 11 heavy (non-hydrogen) atoms. The standard InChI is InChI=1S/C10H14O/c1-8(2)9-4-3-5-10(11)7-6-9/h3-6,8,11H,7H2,1-2H3. The second kappa shape index (κ2) is 3.42. The molecule has 0 saturated heterocycles. The molecule has 1 aliphatic carbocycles. The van der Waals surface area contributed by atoms with Crippen LogP contribution in [-0.4, -0.2) is 5.11 Å². The fourth-order valence-electron chi connectivity index (χ4n) is 1.06. The fourth-order valence-corrected chi connectivity index (χ4v) is 1.06. The third-order valence-electron chi connectivity index (χ3n) is 1.79. The van der Waals surface area contributed by atoms with Crippen molar-refractivity contribution in [1.82, 2.24) is 0 Å². The van der Waals surface area contributed by atoms with Gasteiger partial charge in [0.15, 0.2) is 0 Å². The van der Waals surface area contributed by atoms with E-state index in [9.17, 15) is 0 Å². The third kappa shape index (κ3) is 2.26. The first-order chi connectivity index (χ1) is 5.20. The summed E-state index contributed by atoms with van der Waals surface area (Å²) in [5, 5.41) is 9.15. The minimum Gasteiger partial charge on any atom is -0.512 e. The molecule has 1 nitrogen and oxygen atoms in total. The first-order valence-corrected chi connectivity index (χ1v) is 3.96. The number of allylic oxidation sites excluding steroid dienone is 5. The Morgan fingerprint density at radius 1 is 1.45 bits per heavy atom. The highest BCUT2D eigenvalue weighted by molar-refractivity contribution is 5.29. The average Bonchev–Trinajstić information content (AvgIpc) is 2.13. The predicted molar refractivity (Wildman–Crippen MR) is 47.4 cm³/mol. The van der Waals surface area contributed by atoms with Gasteiger partial charge < -0.3 is 5.11 Å². The Morgan fingerprint density at radius 3 is 2.82 bits per heavy atom. The van der Waals surface area contributed by atoms with E-state index in [4.69, 9.17) is 5.11 Å². The number of aliphatic hydroxyl groups excluding tert-OH is 1. The van der Waals surface area contributed by atoms with Crippen LogP contribution >= 0.6 is 0 Å². The molecule has 0 amide bonds. The van der Waals surface area contributed by atoms with Gasteiger partial charge in [0, 0.05) is 6.42 Å². The number of hydrogen-bond donors (Lipinski definition) is 1. The van der Waals surface area contributed by atoms with E-state index in [0.717, 1.165) is 0 Å². The summed E-state index contributed by atoms with van der Waals surface area (Å²) in [6, 6.07) is 0. The molecule has 0 atom stereocenters. The summed E-state index contributed by atoms with van der Waals surface area (Å²) < 4.78 is 0. The average molecular weight is 150 g/mol. The monoisotopic (exact) mass is 150 g/mol. The number of hydrogen-bond acceptors (Lipinski definition) is 1. The van der Waals surface area contributed by atoms with E-state index < -0.39 is 0 Å². The Kier molecular flexibility index (Phi) is 2.53. The third-order valence-corrected chi connectivity index (χ3v) is 1.79.